The molecule has 0 fully saturated rings. The maximum Gasteiger partial charge on any atom is 0.271 e. The van der Waals surface area contributed by atoms with E-state index in [1.807, 2.05) is 24.3 Å². The Morgan fingerprint density at radius 3 is 2.45 bits per heavy atom. The molecule has 7 heteroatoms. The highest BCUT2D eigenvalue weighted by molar-refractivity contribution is 7.13. The second kappa shape index (κ2) is 9.49. The number of carbonyl (C=O) groups is 1. The topological polar surface area (TPSA) is 51.2 Å². The van der Waals surface area contributed by atoms with Gasteiger partial charge in [-0.05, 0) is 59.7 Å². The van der Waals surface area contributed by atoms with E-state index in [0.717, 1.165) is 11.1 Å². The third-order valence-corrected chi connectivity index (χ3v) is 5.39. The molecule has 31 heavy (non-hydrogen) atoms. The molecule has 1 amide bonds. The standard InChI is InChI=1S/C24H18F2N2O2S/c25-19-8-4-16(5-9-19)14-30-21-10-6-18(7-11-21)24-28-22(15-31-24)23(29)27-13-17-2-1-3-20(26)12-17/h1-12,15H,13-14H2,(H,27,29). The number of carbonyl (C=O) groups excluding carboxylic acids is 1. The van der Waals surface area contributed by atoms with Crippen molar-refractivity contribution in [1.29, 1.82) is 0 Å². The molecule has 0 bridgehead atoms. The van der Waals surface area contributed by atoms with Gasteiger partial charge in [0.15, 0.2) is 0 Å². The number of hydrogen-bond donors (Lipinski definition) is 1. The van der Waals surface area contributed by atoms with Crippen molar-refractivity contribution in [1.82, 2.24) is 10.3 Å². The number of halogens is 2. The summed E-state index contributed by atoms with van der Waals surface area (Å²) in [6.07, 6.45) is 0. The van der Waals surface area contributed by atoms with Gasteiger partial charge in [-0.25, -0.2) is 13.8 Å². The Morgan fingerprint density at radius 1 is 0.935 bits per heavy atom. The maximum atomic E-state index is 13.2. The first-order valence-electron chi connectivity index (χ1n) is 9.53. The van der Waals surface area contributed by atoms with Crippen molar-refractivity contribution in [2.24, 2.45) is 0 Å². The van der Waals surface area contributed by atoms with Crippen molar-refractivity contribution in [3.05, 3.63) is 107 Å². The van der Waals surface area contributed by atoms with Gasteiger partial charge in [-0.1, -0.05) is 24.3 Å². The van der Waals surface area contributed by atoms with Crippen LogP contribution >= 0.6 is 11.3 Å². The molecule has 4 rings (SSSR count). The fourth-order valence-electron chi connectivity index (χ4n) is 2.87. The second-order valence-corrected chi connectivity index (χ2v) is 7.65. The largest absolute Gasteiger partial charge is 0.489 e. The summed E-state index contributed by atoms with van der Waals surface area (Å²) < 4.78 is 31.9. The summed E-state index contributed by atoms with van der Waals surface area (Å²) >= 11 is 1.36. The van der Waals surface area contributed by atoms with Crippen LogP contribution in [0.5, 0.6) is 5.75 Å². The molecular formula is C24H18F2N2O2S. The van der Waals surface area contributed by atoms with E-state index in [0.29, 0.717) is 28.6 Å². The Bertz CT molecular complexity index is 1170. The Balaban J connectivity index is 1.34. The Labute approximate surface area is 182 Å². The van der Waals surface area contributed by atoms with E-state index in [1.54, 1.807) is 29.6 Å². The zero-order valence-corrected chi connectivity index (χ0v) is 17.2. The van der Waals surface area contributed by atoms with Gasteiger partial charge in [-0.2, -0.15) is 0 Å². The van der Waals surface area contributed by atoms with Crippen molar-refractivity contribution in [3.63, 3.8) is 0 Å². The van der Waals surface area contributed by atoms with Gasteiger partial charge in [0.05, 0.1) is 0 Å². The summed E-state index contributed by atoms with van der Waals surface area (Å²) in [7, 11) is 0. The number of thiazole rings is 1. The molecule has 0 aliphatic rings. The molecule has 4 nitrogen and oxygen atoms in total. The molecule has 1 aromatic heterocycles. The zero-order chi connectivity index (χ0) is 21.6. The predicted molar refractivity (Wildman–Crippen MR) is 116 cm³/mol. The van der Waals surface area contributed by atoms with Crippen molar-refractivity contribution in [2.45, 2.75) is 13.2 Å². The van der Waals surface area contributed by atoms with E-state index in [2.05, 4.69) is 10.3 Å². The van der Waals surface area contributed by atoms with Crippen LogP contribution in [0.1, 0.15) is 21.6 Å². The van der Waals surface area contributed by atoms with Crippen LogP contribution in [-0.2, 0) is 13.2 Å². The number of nitrogens with zero attached hydrogens (tertiary/aromatic N) is 1. The van der Waals surface area contributed by atoms with E-state index >= 15 is 0 Å². The highest BCUT2D eigenvalue weighted by Gasteiger charge is 2.12. The average Bonchev–Trinajstić information content (AvgIpc) is 3.28. The number of amides is 1. The fraction of sp³-hybridized carbons (Fsp3) is 0.0833. The normalized spacial score (nSPS) is 10.6. The molecule has 0 saturated heterocycles. The highest BCUT2D eigenvalue weighted by Crippen LogP contribution is 2.26. The quantitative estimate of drug-likeness (QED) is 0.410. The number of ether oxygens (including phenoxy) is 1. The molecule has 0 radical (unpaired) electrons. The lowest BCUT2D eigenvalue weighted by Gasteiger charge is -2.07. The van der Waals surface area contributed by atoms with Crippen molar-refractivity contribution < 1.29 is 18.3 Å². The lowest BCUT2D eigenvalue weighted by atomic mass is 10.2. The van der Waals surface area contributed by atoms with E-state index in [4.69, 9.17) is 4.74 Å². The Hall–Kier alpha value is -3.58. The Kier molecular flexibility index (Phi) is 6.33. The van der Waals surface area contributed by atoms with Gasteiger partial charge < -0.3 is 10.1 Å². The maximum absolute atomic E-state index is 13.2. The van der Waals surface area contributed by atoms with Crippen LogP contribution < -0.4 is 10.1 Å². The lowest BCUT2D eigenvalue weighted by molar-refractivity contribution is 0.0946. The first-order chi connectivity index (χ1) is 15.1. The van der Waals surface area contributed by atoms with Crippen LogP contribution in [0.2, 0.25) is 0 Å². The number of aromatic nitrogens is 1. The molecule has 0 unspecified atom stereocenters. The number of nitrogens with one attached hydrogen (secondary N) is 1. The fourth-order valence-corrected chi connectivity index (χ4v) is 3.68. The molecule has 0 aliphatic carbocycles. The SMILES string of the molecule is O=C(NCc1cccc(F)c1)c1csc(-c2ccc(OCc3ccc(F)cc3)cc2)n1. The summed E-state index contributed by atoms with van der Waals surface area (Å²) in [5.41, 5.74) is 2.73. The number of rotatable bonds is 7. The minimum Gasteiger partial charge on any atom is -0.489 e. The van der Waals surface area contributed by atoms with Gasteiger partial charge in [0, 0.05) is 17.5 Å². The first-order valence-corrected chi connectivity index (χ1v) is 10.4. The summed E-state index contributed by atoms with van der Waals surface area (Å²) in [5.74, 6) is -0.255. The van der Waals surface area contributed by atoms with E-state index in [-0.39, 0.29) is 24.1 Å². The Morgan fingerprint density at radius 2 is 1.71 bits per heavy atom. The van der Waals surface area contributed by atoms with Crippen LogP contribution in [0.25, 0.3) is 10.6 Å². The van der Waals surface area contributed by atoms with Gasteiger partial charge in [-0.3, -0.25) is 4.79 Å². The summed E-state index contributed by atoms with van der Waals surface area (Å²) in [5, 5.41) is 5.15. The average molecular weight is 436 g/mol. The monoisotopic (exact) mass is 436 g/mol. The van der Waals surface area contributed by atoms with Crippen LogP contribution in [0.4, 0.5) is 8.78 Å². The van der Waals surface area contributed by atoms with Gasteiger partial charge >= 0.3 is 0 Å². The van der Waals surface area contributed by atoms with Gasteiger partial charge in [0.1, 0.15) is 34.7 Å². The van der Waals surface area contributed by atoms with E-state index in [1.165, 1.54) is 35.6 Å². The van der Waals surface area contributed by atoms with Crippen LogP contribution in [0.15, 0.2) is 78.2 Å². The summed E-state index contributed by atoms with van der Waals surface area (Å²) in [6, 6.07) is 19.6. The lowest BCUT2D eigenvalue weighted by Crippen LogP contribution is -2.23. The molecule has 156 valence electrons. The summed E-state index contributed by atoms with van der Waals surface area (Å²) in [4.78, 5) is 16.7. The minimum atomic E-state index is -0.340. The molecule has 0 atom stereocenters. The van der Waals surface area contributed by atoms with Crippen molar-refractivity contribution in [3.8, 4) is 16.3 Å². The van der Waals surface area contributed by atoms with Gasteiger partial charge in [-0.15, -0.1) is 11.3 Å². The third-order valence-electron chi connectivity index (χ3n) is 4.50. The molecule has 3 aromatic carbocycles. The van der Waals surface area contributed by atoms with Crippen LogP contribution in [0, 0.1) is 11.6 Å². The smallest absolute Gasteiger partial charge is 0.271 e. The minimum absolute atomic E-state index is 0.226. The molecule has 1 heterocycles. The second-order valence-electron chi connectivity index (χ2n) is 6.79. The molecule has 0 saturated carbocycles. The van der Waals surface area contributed by atoms with E-state index in [9.17, 15) is 13.6 Å². The molecular weight excluding hydrogens is 418 g/mol. The van der Waals surface area contributed by atoms with Crippen molar-refractivity contribution >= 4 is 17.2 Å². The van der Waals surface area contributed by atoms with Crippen LogP contribution in [-0.4, -0.2) is 10.9 Å². The summed E-state index contributed by atoms with van der Waals surface area (Å²) in [6.45, 7) is 0.566. The highest BCUT2D eigenvalue weighted by atomic mass is 32.1. The van der Waals surface area contributed by atoms with E-state index < -0.39 is 0 Å². The van der Waals surface area contributed by atoms with Gasteiger partial charge in [0.25, 0.3) is 5.91 Å². The van der Waals surface area contributed by atoms with Gasteiger partial charge in [0.2, 0.25) is 0 Å². The van der Waals surface area contributed by atoms with Crippen LogP contribution in [0.3, 0.4) is 0 Å². The predicted octanol–water partition coefficient (Wildman–Crippen LogP) is 5.60. The third kappa shape index (κ3) is 5.52. The first kappa shape index (κ1) is 20.7. The molecule has 1 N–H and O–H groups in total. The number of hydrogen-bond acceptors (Lipinski definition) is 4. The molecule has 4 aromatic rings. The number of benzene rings is 3. The van der Waals surface area contributed by atoms with Crippen molar-refractivity contribution in [2.75, 3.05) is 0 Å². The molecule has 0 spiro atoms. The molecule has 0 aliphatic heterocycles. The zero-order valence-electron chi connectivity index (χ0n) is 16.3.